The van der Waals surface area contributed by atoms with Crippen LogP contribution in [0.15, 0.2) is 41.2 Å². The fraction of sp³-hybridized carbons (Fsp3) is 0.350. The van der Waals surface area contributed by atoms with Gasteiger partial charge in [0.25, 0.3) is 0 Å². The number of methoxy groups -OCH3 is 3. The molecule has 0 bridgehead atoms. The summed E-state index contributed by atoms with van der Waals surface area (Å²) in [6, 6.07) is 3.63. The van der Waals surface area contributed by atoms with Crippen LogP contribution in [0.4, 0.5) is 0 Å². The smallest absolute Gasteiger partial charge is 0.185 e. The Labute approximate surface area is 152 Å². The fourth-order valence-electron chi connectivity index (χ4n) is 3.35. The normalized spacial score (nSPS) is 21.4. The molecule has 1 saturated carbocycles. The minimum atomic E-state index is 0.0738. The molecule has 5 heteroatoms. The van der Waals surface area contributed by atoms with Crippen LogP contribution in [0.1, 0.15) is 24.8 Å². The number of carbonyl (C=O) groups is 1. The first kappa shape index (κ1) is 17.6. The molecule has 0 N–H and O–H groups in total. The highest BCUT2D eigenvalue weighted by Gasteiger charge is 2.31. The molecule has 2 aliphatic rings. The van der Waals surface area contributed by atoms with E-state index in [1.807, 2.05) is 24.3 Å². The summed E-state index contributed by atoms with van der Waals surface area (Å²) in [5, 5.41) is 0.444. The van der Waals surface area contributed by atoms with Gasteiger partial charge in [0.2, 0.25) is 0 Å². The van der Waals surface area contributed by atoms with Crippen LogP contribution in [0.3, 0.4) is 0 Å². The van der Waals surface area contributed by atoms with Crippen molar-refractivity contribution in [3.8, 4) is 11.5 Å². The minimum Gasteiger partial charge on any atom is -0.497 e. The van der Waals surface area contributed by atoms with Gasteiger partial charge in [-0.3, -0.25) is 4.79 Å². The molecule has 0 amide bonds. The molecule has 0 aliphatic heterocycles. The summed E-state index contributed by atoms with van der Waals surface area (Å²) in [5.41, 5.74) is 2.34. The first-order valence-electron chi connectivity index (χ1n) is 8.20. The molecule has 132 valence electrons. The summed E-state index contributed by atoms with van der Waals surface area (Å²) in [6.07, 6.45) is 8.30. The van der Waals surface area contributed by atoms with E-state index in [4.69, 9.17) is 25.8 Å². The lowest BCUT2D eigenvalue weighted by Gasteiger charge is -2.28. The Balaban J connectivity index is 1.96. The SMILES string of the molecule is COC1=CCC2CCC(=Cc3ccc(OC)c(OC)c3Cl)C(=O)C2=C1. The second kappa shape index (κ2) is 7.36. The highest BCUT2D eigenvalue weighted by molar-refractivity contribution is 6.34. The molecule has 0 radical (unpaired) electrons. The molecule has 4 nitrogen and oxygen atoms in total. The van der Waals surface area contributed by atoms with Crippen molar-refractivity contribution < 1.29 is 19.0 Å². The zero-order chi connectivity index (χ0) is 18.0. The van der Waals surface area contributed by atoms with E-state index in [0.717, 1.165) is 41.7 Å². The van der Waals surface area contributed by atoms with Crippen LogP contribution in [-0.2, 0) is 9.53 Å². The van der Waals surface area contributed by atoms with Gasteiger partial charge in [0.1, 0.15) is 5.76 Å². The summed E-state index contributed by atoms with van der Waals surface area (Å²) < 4.78 is 15.9. The molecule has 1 fully saturated rings. The third-order valence-electron chi connectivity index (χ3n) is 4.74. The average Bonchev–Trinajstić information content (AvgIpc) is 2.64. The third kappa shape index (κ3) is 3.31. The van der Waals surface area contributed by atoms with E-state index in [0.29, 0.717) is 16.5 Å². The molecule has 0 spiro atoms. The minimum absolute atomic E-state index is 0.0738. The maximum atomic E-state index is 12.9. The zero-order valence-electron chi connectivity index (χ0n) is 14.6. The molecule has 25 heavy (non-hydrogen) atoms. The lowest BCUT2D eigenvalue weighted by atomic mass is 9.76. The predicted molar refractivity (Wildman–Crippen MR) is 98.1 cm³/mol. The van der Waals surface area contributed by atoms with Crippen molar-refractivity contribution in [1.82, 2.24) is 0 Å². The highest BCUT2D eigenvalue weighted by Crippen LogP contribution is 2.41. The van der Waals surface area contributed by atoms with Gasteiger partial charge in [0, 0.05) is 11.1 Å². The van der Waals surface area contributed by atoms with Crippen molar-refractivity contribution in [3.05, 3.63) is 51.8 Å². The molecule has 1 unspecified atom stereocenters. The van der Waals surface area contributed by atoms with Gasteiger partial charge >= 0.3 is 0 Å². The zero-order valence-corrected chi connectivity index (χ0v) is 15.4. The molecular formula is C20H21ClO4. The molecule has 0 saturated heterocycles. The van der Waals surface area contributed by atoms with E-state index in [2.05, 4.69) is 0 Å². The quantitative estimate of drug-likeness (QED) is 0.737. The molecule has 1 aromatic carbocycles. The fourth-order valence-corrected chi connectivity index (χ4v) is 3.64. The number of ether oxygens (including phenoxy) is 3. The number of halogens is 1. The van der Waals surface area contributed by atoms with E-state index in [-0.39, 0.29) is 11.7 Å². The first-order valence-corrected chi connectivity index (χ1v) is 8.58. The number of rotatable bonds is 4. The van der Waals surface area contributed by atoms with Crippen molar-refractivity contribution in [3.63, 3.8) is 0 Å². The van der Waals surface area contributed by atoms with Gasteiger partial charge < -0.3 is 14.2 Å². The van der Waals surface area contributed by atoms with E-state index >= 15 is 0 Å². The molecule has 0 aromatic heterocycles. The molecule has 0 heterocycles. The van der Waals surface area contributed by atoms with E-state index in [1.165, 1.54) is 0 Å². The number of hydrogen-bond acceptors (Lipinski definition) is 4. The summed E-state index contributed by atoms with van der Waals surface area (Å²) in [5.74, 6) is 2.15. The maximum absolute atomic E-state index is 12.9. The lowest BCUT2D eigenvalue weighted by Crippen LogP contribution is -2.23. The van der Waals surface area contributed by atoms with Crippen molar-refractivity contribution in [2.45, 2.75) is 19.3 Å². The largest absolute Gasteiger partial charge is 0.497 e. The highest BCUT2D eigenvalue weighted by atomic mass is 35.5. The summed E-state index contributed by atoms with van der Waals surface area (Å²) in [7, 11) is 4.73. The second-order valence-corrected chi connectivity index (χ2v) is 6.46. The first-order chi connectivity index (χ1) is 12.1. The van der Waals surface area contributed by atoms with Gasteiger partial charge in [-0.15, -0.1) is 0 Å². The number of benzene rings is 1. The molecular weight excluding hydrogens is 340 g/mol. The van der Waals surface area contributed by atoms with Gasteiger partial charge in [-0.05, 0) is 61.1 Å². The maximum Gasteiger partial charge on any atom is 0.185 e. The van der Waals surface area contributed by atoms with Crippen LogP contribution < -0.4 is 9.47 Å². The predicted octanol–water partition coefficient (Wildman–Crippen LogP) is 4.58. The molecule has 2 aliphatic carbocycles. The van der Waals surface area contributed by atoms with Crippen LogP contribution in [-0.4, -0.2) is 27.1 Å². The number of carbonyl (C=O) groups excluding carboxylic acids is 1. The number of Topliss-reactive ketones (excluding diaryl/α,β-unsaturated/α-hetero) is 1. The van der Waals surface area contributed by atoms with E-state index in [9.17, 15) is 4.79 Å². The van der Waals surface area contributed by atoms with Gasteiger partial charge in [-0.2, -0.15) is 0 Å². The standard InChI is InChI=1S/C20H21ClO4/c1-23-15-8-6-12-4-5-14(19(22)16(12)11-15)10-13-7-9-17(24-2)20(25-3)18(13)21/h7-12H,4-6H2,1-3H3. The van der Waals surface area contributed by atoms with Crippen molar-refractivity contribution in [1.29, 1.82) is 0 Å². The van der Waals surface area contributed by atoms with Crippen molar-refractivity contribution in [2.24, 2.45) is 5.92 Å². The number of hydrogen-bond donors (Lipinski definition) is 0. The number of fused-ring (bicyclic) bond motifs is 1. The van der Waals surface area contributed by atoms with Crippen LogP contribution >= 0.6 is 11.6 Å². The number of ketones is 1. The molecule has 1 aromatic rings. The Kier molecular flexibility index (Phi) is 5.19. The Hall–Kier alpha value is -2.20. The van der Waals surface area contributed by atoms with Crippen LogP contribution in [0.2, 0.25) is 5.02 Å². The summed E-state index contributed by atoms with van der Waals surface area (Å²) in [4.78, 5) is 12.9. The molecule has 1 atom stereocenters. The van der Waals surface area contributed by atoms with Gasteiger partial charge in [0.05, 0.1) is 26.4 Å². The Morgan fingerprint density at radius 1 is 1.16 bits per heavy atom. The average molecular weight is 361 g/mol. The van der Waals surface area contributed by atoms with Gasteiger partial charge in [-0.1, -0.05) is 11.6 Å². The monoisotopic (exact) mass is 360 g/mol. The van der Waals surface area contributed by atoms with Gasteiger partial charge in [0.15, 0.2) is 17.3 Å². The van der Waals surface area contributed by atoms with Crippen LogP contribution in [0, 0.1) is 5.92 Å². The number of allylic oxidation sites excluding steroid dienone is 4. The molecule has 3 rings (SSSR count). The van der Waals surface area contributed by atoms with Crippen molar-refractivity contribution >= 4 is 23.5 Å². The van der Waals surface area contributed by atoms with Crippen LogP contribution in [0.25, 0.3) is 6.08 Å². The van der Waals surface area contributed by atoms with E-state index in [1.54, 1.807) is 27.4 Å². The van der Waals surface area contributed by atoms with Crippen molar-refractivity contribution in [2.75, 3.05) is 21.3 Å². The van der Waals surface area contributed by atoms with Gasteiger partial charge in [-0.25, -0.2) is 0 Å². The Bertz CT molecular complexity index is 789. The lowest BCUT2D eigenvalue weighted by molar-refractivity contribution is -0.113. The topological polar surface area (TPSA) is 44.8 Å². The summed E-state index contributed by atoms with van der Waals surface area (Å²) >= 11 is 6.44. The summed E-state index contributed by atoms with van der Waals surface area (Å²) in [6.45, 7) is 0. The Morgan fingerprint density at radius 2 is 1.96 bits per heavy atom. The second-order valence-electron chi connectivity index (χ2n) is 6.08. The third-order valence-corrected chi connectivity index (χ3v) is 5.13. The Morgan fingerprint density at radius 3 is 2.64 bits per heavy atom. The van der Waals surface area contributed by atoms with E-state index < -0.39 is 0 Å². The van der Waals surface area contributed by atoms with Crippen LogP contribution in [0.5, 0.6) is 11.5 Å².